The topological polar surface area (TPSA) is 51.0 Å². The number of benzene rings is 1. The van der Waals surface area contributed by atoms with E-state index in [4.69, 9.17) is 4.42 Å². The van der Waals surface area contributed by atoms with Crippen molar-refractivity contribution >= 4 is 16.8 Å². The second-order valence-electron chi connectivity index (χ2n) is 5.45. The van der Waals surface area contributed by atoms with Crippen LogP contribution in [0.2, 0.25) is 0 Å². The number of nitrogens with one attached hydrogen (secondary N) is 1. The Balaban J connectivity index is 2.22. The second-order valence-corrected chi connectivity index (χ2v) is 5.45. The number of hydrogen-bond donors (Lipinski definition) is 1. The van der Waals surface area contributed by atoms with Crippen LogP contribution in [0.15, 0.2) is 34.9 Å². The number of hydrogen-bond acceptors (Lipinski definition) is 4. The summed E-state index contributed by atoms with van der Waals surface area (Å²) >= 11 is 0. The molecule has 0 aliphatic heterocycles. The molecule has 0 atom stereocenters. The number of fused-ring (bicyclic) bond motifs is 1. The van der Waals surface area contributed by atoms with Gasteiger partial charge >= 0.3 is 0 Å². The minimum Gasteiger partial charge on any atom is -0.464 e. The quantitative estimate of drug-likeness (QED) is 0.774. The first kappa shape index (κ1) is 13.6. The van der Waals surface area contributed by atoms with Crippen LogP contribution in [0, 0.1) is 6.92 Å². The molecule has 0 aliphatic carbocycles. The highest BCUT2D eigenvalue weighted by Crippen LogP contribution is 2.32. The molecule has 0 amide bonds. The fourth-order valence-electron chi connectivity index (χ4n) is 2.73. The Morgan fingerprint density at radius 3 is 2.62 bits per heavy atom. The molecule has 0 aliphatic rings. The Bertz CT molecular complexity index is 790. The number of furan rings is 1. The Morgan fingerprint density at radius 2 is 1.90 bits per heavy atom. The molecule has 0 unspecified atom stereocenters. The van der Waals surface area contributed by atoms with Crippen molar-refractivity contribution in [3.63, 3.8) is 0 Å². The van der Waals surface area contributed by atoms with Crippen LogP contribution in [-0.4, -0.2) is 17.0 Å². The van der Waals surface area contributed by atoms with Crippen LogP contribution in [0.1, 0.15) is 31.0 Å². The van der Waals surface area contributed by atoms with Crippen LogP contribution in [0.25, 0.3) is 22.4 Å². The van der Waals surface area contributed by atoms with E-state index >= 15 is 0 Å². The van der Waals surface area contributed by atoms with Gasteiger partial charge in [-0.3, -0.25) is 0 Å². The third-order valence-electron chi connectivity index (χ3n) is 3.67. The average molecular weight is 281 g/mol. The summed E-state index contributed by atoms with van der Waals surface area (Å²) in [5.41, 5.74) is 3.95. The predicted molar refractivity (Wildman–Crippen MR) is 85.6 cm³/mol. The van der Waals surface area contributed by atoms with Gasteiger partial charge in [0, 0.05) is 23.7 Å². The van der Waals surface area contributed by atoms with E-state index in [2.05, 4.69) is 29.1 Å². The molecule has 0 spiro atoms. The molecule has 3 rings (SSSR count). The van der Waals surface area contributed by atoms with Crippen molar-refractivity contribution in [2.24, 2.45) is 0 Å². The summed E-state index contributed by atoms with van der Waals surface area (Å²) in [5.74, 6) is 1.96. The van der Waals surface area contributed by atoms with Gasteiger partial charge in [-0.25, -0.2) is 9.97 Å². The molecule has 0 saturated carbocycles. The lowest BCUT2D eigenvalue weighted by molar-refractivity contribution is 0.616. The first-order chi connectivity index (χ1) is 10.1. The molecule has 2 aromatic heterocycles. The van der Waals surface area contributed by atoms with Gasteiger partial charge < -0.3 is 9.73 Å². The van der Waals surface area contributed by atoms with Gasteiger partial charge in [0.15, 0.2) is 5.82 Å². The van der Waals surface area contributed by atoms with Gasteiger partial charge in [0.05, 0.1) is 5.56 Å². The van der Waals surface area contributed by atoms with Crippen LogP contribution >= 0.6 is 0 Å². The zero-order chi connectivity index (χ0) is 15.0. The van der Waals surface area contributed by atoms with Crippen molar-refractivity contribution in [3.8, 4) is 11.4 Å². The number of aromatic nitrogens is 2. The minimum atomic E-state index is 0.377. The van der Waals surface area contributed by atoms with E-state index in [1.54, 1.807) is 6.26 Å². The van der Waals surface area contributed by atoms with Crippen LogP contribution in [0.4, 0.5) is 5.82 Å². The molecule has 21 heavy (non-hydrogen) atoms. The van der Waals surface area contributed by atoms with E-state index in [0.717, 1.165) is 33.6 Å². The predicted octanol–water partition coefficient (Wildman–Crippen LogP) is 4.36. The van der Waals surface area contributed by atoms with E-state index in [1.807, 2.05) is 38.2 Å². The summed E-state index contributed by atoms with van der Waals surface area (Å²) in [5, 5.41) is 4.22. The maximum Gasteiger partial charge on any atom is 0.165 e. The molecule has 0 bridgehead atoms. The van der Waals surface area contributed by atoms with Crippen molar-refractivity contribution in [1.29, 1.82) is 0 Å². The molecular weight excluding hydrogens is 262 g/mol. The summed E-state index contributed by atoms with van der Waals surface area (Å²) in [6, 6.07) is 7.94. The molecule has 1 N–H and O–H groups in total. The first-order valence-corrected chi connectivity index (χ1v) is 7.14. The number of para-hydroxylation sites is 1. The zero-order valence-electron chi connectivity index (χ0n) is 12.8. The lowest BCUT2D eigenvalue weighted by Gasteiger charge is -2.15. The van der Waals surface area contributed by atoms with Gasteiger partial charge in [-0.05, 0) is 18.9 Å². The summed E-state index contributed by atoms with van der Waals surface area (Å²) < 4.78 is 5.59. The standard InChI is InChI=1S/C17H19N3O/c1-10(2)15-11(3)19-16(20-17(15)18-4)13-9-21-14-8-6-5-7-12(13)14/h5-10H,1-4H3,(H,18,19,20). The molecule has 0 saturated heterocycles. The molecule has 2 heterocycles. The maximum absolute atomic E-state index is 5.59. The molecule has 3 aromatic rings. The molecule has 0 radical (unpaired) electrons. The number of nitrogens with zero attached hydrogens (tertiary/aromatic N) is 2. The van der Waals surface area contributed by atoms with E-state index in [-0.39, 0.29) is 0 Å². The van der Waals surface area contributed by atoms with Gasteiger partial charge in [-0.2, -0.15) is 0 Å². The molecule has 0 fully saturated rings. The molecule has 4 nitrogen and oxygen atoms in total. The van der Waals surface area contributed by atoms with Crippen molar-refractivity contribution < 1.29 is 4.42 Å². The van der Waals surface area contributed by atoms with Gasteiger partial charge in [0.25, 0.3) is 0 Å². The van der Waals surface area contributed by atoms with Crippen molar-refractivity contribution in [2.45, 2.75) is 26.7 Å². The van der Waals surface area contributed by atoms with Crippen molar-refractivity contribution in [1.82, 2.24) is 9.97 Å². The Hall–Kier alpha value is -2.36. The van der Waals surface area contributed by atoms with Gasteiger partial charge in [0.1, 0.15) is 17.7 Å². The summed E-state index contributed by atoms with van der Waals surface area (Å²) in [7, 11) is 1.89. The highest BCUT2D eigenvalue weighted by molar-refractivity contribution is 5.92. The Morgan fingerprint density at radius 1 is 1.14 bits per heavy atom. The molecular formula is C17H19N3O. The van der Waals surface area contributed by atoms with Gasteiger partial charge in [-0.15, -0.1) is 0 Å². The van der Waals surface area contributed by atoms with Crippen LogP contribution in [0.5, 0.6) is 0 Å². The fraction of sp³-hybridized carbons (Fsp3) is 0.294. The average Bonchev–Trinajstić information content (AvgIpc) is 2.89. The SMILES string of the molecule is CNc1nc(-c2coc3ccccc23)nc(C)c1C(C)C. The number of aryl methyl sites for hydroxylation is 1. The van der Waals surface area contributed by atoms with E-state index in [1.165, 1.54) is 0 Å². The van der Waals surface area contributed by atoms with E-state index < -0.39 is 0 Å². The Kier molecular flexibility index (Phi) is 3.37. The lowest BCUT2D eigenvalue weighted by atomic mass is 10.0. The van der Waals surface area contributed by atoms with E-state index in [0.29, 0.717) is 11.7 Å². The normalized spacial score (nSPS) is 11.3. The third kappa shape index (κ3) is 2.27. The second kappa shape index (κ2) is 5.20. The van der Waals surface area contributed by atoms with Gasteiger partial charge in [-0.1, -0.05) is 32.0 Å². The van der Waals surface area contributed by atoms with Crippen molar-refractivity contribution in [2.75, 3.05) is 12.4 Å². The largest absolute Gasteiger partial charge is 0.464 e. The summed E-state index contributed by atoms with van der Waals surface area (Å²) in [6.45, 7) is 6.34. The maximum atomic E-state index is 5.59. The minimum absolute atomic E-state index is 0.377. The Labute approximate surface area is 124 Å². The molecule has 108 valence electrons. The number of rotatable bonds is 3. The smallest absolute Gasteiger partial charge is 0.165 e. The molecule has 1 aromatic carbocycles. The number of anilines is 1. The van der Waals surface area contributed by atoms with Crippen LogP contribution in [-0.2, 0) is 0 Å². The lowest BCUT2D eigenvalue weighted by Crippen LogP contribution is -2.06. The van der Waals surface area contributed by atoms with Gasteiger partial charge in [0.2, 0.25) is 0 Å². The monoisotopic (exact) mass is 281 g/mol. The van der Waals surface area contributed by atoms with Crippen LogP contribution in [0.3, 0.4) is 0 Å². The highest BCUT2D eigenvalue weighted by atomic mass is 16.3. The highest BCUT2D eigenvalue weighted by Gasteiger charge is 2.17. The van der Waals surface area contributed by atoms with Crippen molar-refractivity contribution in [3.05, 3.63) is 41.8 Å². The summed E-state index contributed by atoms with van der Waals surface area (Å²) in [4.78, 5) is 9.37. The van der Waals surface area contributed by atoms with E-state index in [9.17, 15) is 0 Å². The summed E-state index contributed by atoms with van der Waals surface area (Å²) in [6.07, 6.45) is 1.73. The first-order valence-electron chi connectivity index (χ1n) is 7.14. The van der Waals surface area contributed by atoms with Crippen LogP contribution < -0.4 is 5.32 Å². The fourth-order valence-corrected chi connectivity index (χ4v) is 2.73. The zero-order valence-corrected chi connectivity index (χ0v) is 12.8. The third-order valence-corrected chi connectivity index (χ3v) is 3.67. The molecule has 4 heteroatoms.